The second kappa shape index (κ2) is 9.79. The quantitative estimate of drug-likeness (QED) is 0.391. The lowest BCUT2D eigenvalue weighted by atomic mass is 9.82. The van der Waals surface area contributed by atoms with E-state index in [4.69, 9.17) is 15.6 Å². The number of fused-ring (bicyclic) bond motifs is 2. The smallest absolute Gasteiger partial charge is 0.254 e. The summed E-state index contributed by atoms with van der Waals surface area (Å²) in [7, 11) is 0. The van der Waals surface area contributed by atoms with Gasteiger partial charge in [-0.15, -0.1) is 0 Å². The topological polar surface area (TPSA) is 102 Å². The van der Waals surface area contributed by atoms with Crippen LogP contribution in [0.2, 0.25) is 0 Å². The lowest BCUT2D eigenvalue weighted by Crippen LogP contribution is -2.51. The Bertz CT molecular complexity index is 1460. The maximum absolute atomic E-state index is 12.9. The van der Waals surface area contributed by atoms with E-state index in [9.17, 15) is 9.59 Å². The molecular weight excluding hydrogens is 478 g/mol. The number of rotatable bonds is 6. The minimum absolute atomic E-state index is 0.116. The molecule has 0 saturated carbocycles. The zero-order valence-electron chi connectivity index (χ0n) is 21.0. The molecule has 4 aromatic rings. The molecule has 38 heavy (non-hydrogen) atoms. The molecule has 2 aliphatic rings. The standard InChI is InChI=1S/C30H29N5O3/c31-28(37)26-27(22-11-13-24(14-12-22)38-23-9-5-2-6-10-23)33-35-29(26)32-25(36)19-30(35)15-17-34(18-16-30)20-21-7-3-1-4-8-21/h1-14H,15-20H2,(H2,31,37)(H,32,36). The number of para-hydroxylation sites is 1. The Morgan fingerprint density at radius 1 is 0.921 bits per heavy atom. The van der Waals surface area contributed by atoms with Gasteiger partial charge in [-0.2, -0.15) is 5.10 Å². The second-order valence-electron chi connectivity index (χ2n) is 10.00. The monoisotopic (exact) mass is 507 g/mol. The maximum atomic E-state index is 12.9. The fraction of sp³-hybridized carbons (Fsp3) is 0.233. The molecular formula is C30H29N5O3. The number of carbonyl (C=O) groups excluding carboxylic acids is 2. The molecule has 2 amide bonds. The van der Waals surface area contributed by atoms with Crippen molar-refractivity contribution in [1.82, 2.24) is 14.7 Å². The van der Waals surface area contributed by atoms with Crippen LogP contribution in [0.3, 0.4) is 0 Å². The average Bonchev–Trinajstić information content (AvgIpc) is 3.32. The Hall–Kier alpha value is -4.43. The summed E-state index contributed by atoms with van der Waals surface area (Å²) in [6, 6.07) is 27.3. The van der Waals surface area contributed by atoms with Gasteiger partial charge >= 0.3 is 0 Å². The van der Waals surface area contributed by atoms with Gasteiger partial charge in [0.25, 0.3) is 5.91 Å². The maximum Gasteiger partial charge on any atom is 0.254 e. The van der Waals surface area contributed by atoms with E-state index in [2.05, 4.69) is 34.5 Å². The first-order valence-electron chi connectivity index (χ1n) is 12.8. The predicted octanol–water partition coefficient (Wildman–Crippen LogP) is 4.77. The zero-order valence-corrected chi connectivity index (χ0v) is 21.0. The van der Waals surface area contributed by atoms with Gasteiger partial charge < -0.3 is 15.8 Å². The Balaban J connectivity index is 1.29. The average molecular weight is 508 g/mol. The first-order valence-corrected chi connectivity index (χ1v) is 12.8. The number of nitrogens with two attached hydrogens (primary N) is 1. The van der Waals surface area contributed by atoms with Crippen LogP contribution in [0.25, 0.3) is 11.3 Å². The number of amides is 2. The van der Waals surface area contributed by atoms with Gasteiger partial charge in [-0.05, 0) is 54.8 Å². The molecule has 3 heterocycles. The summed E-state index contributed by atoms with van der Waals surface area (Å²) >= 11 is 0. The van der Waals surface area contributed by atoms with Crippen LogP contribution in [0.5, 0.6) is 11.5 Å². The number of nitrogens with one attached hydrogen (secondary N) is 1. The number of piperidine rings is 1. The van der Waals surface area contributed by atoms with Crippen molar-refractivity contribution in [3.05, 3.63) is 96.1 Å². The van der Waals surface area contributed by atoms with Gasteiger partial charge in [-0.3, -0.25) is 14.5 Å². The number of hydrogen-bond acceptors (Lipinski definition) is 5. The minimum Gasteiger partial charge on any atom is -0.457 e. The molecule has 2 aliphatic heterocycles. The number of anilines is 1. The number of likely N-dealkylation sites (tertiary alicyclic amines) is 1. The van der Waals surface area contributed by atoms with Crippen molar-refractivity contribution in [2.75, 3.05) is 18.4 Å². The highest BCUT2D eigenvalue weighted by atomic mass is 16.5. The van der Waals surface area contributed by atoms with Crippen molar-refractivity contribution in [3.8, 4) is 22.8 Å². The first kappa shape index (κ1) is 23.9. The van der Waals surface area contributed by atoms with Crippen LogP contribution < -0.4 is 15.8 Å². The first-order chi connectivity index (χ1) is 18.5. The predicted molar refractivity (Wildman–Crippen MR) is 145 cm³/mol. The molecule has 1 saturated heterocycles. The summed E-state index contributed by atoms with van der Waals surface area (Å²) in [6.45, 7) is 2.52. The highest BCUT2D eigenvalue weighted by molar-refractivity contribution is 6.07. The van der Waals surface area contributed by atoms with Gasteiger partial charge in [-0.25, -0.2) is 4.68 Å². The number of carbonyl (C=O) groups is 2. The van der Waals surface area contributed by atoms with Crippen molar-refractivity contribution in [3.63, 3.8) is 0 Å². The van der Waals surface area contributed by atoms with Crippen molar-refractivity contribution < 1.29 is 14.3 Å². The molecule has 8 heteroatoms. The van der Waals surface area contributed by atoms with Crippen LogP contribution in [0.1, 0.15) is 35.2 Å². The molecule has 3 aromatic carbocycles. The van der Waals surface area contributed by atoms with Crippen molar-refractivity contribution in [2.45, 2.75) is 31.3 Å². The van der Waals surface area contributed by atoms with E-state index in [0.717, 1.165) is 43.8 Å². The number of nitrogens with zero attached hydrogens (tertiary/aromatic N) is 3. The molecule has 1 fully saturated rings. The lowest BCUT2D eigenvalue weighted by Gasteiger charge is -2.44. The van der Waals surface area contributed by atoms with Gasteiger partial charge in [0.1, 0.15) is 28.6 Å². The van der Waals surface area contributed by atoms with E-state index in [-0.39, 0.29) is 11.5 Å². The van der Waals surface area contributed by atoms with Gasteiger partial charge in [0, 0.05) is 25.2 Å². The number of aromatic nitrogens is 2. The van der Waals surface area contributed by atoms with E-state index in [1.165, 1.54) is 5.56 Å². The highest BCUT2D eigenvalue weighted by Crippen LogP contribution is 2.43. The van der Waals surface area contributed by atoms with E-state index in [1.807, 2.05) is 65.3 Å². The van der Waals surface area contributed by atoms with Gasteiger partial charge in [0.15, 0.2) is 0 Å². The normalized spacial score (nSPS) is 16.6. The van der Waals surface area contributed by atoms with Crippen LogP contribution in [0, 0.1) is 0 Å². The number of primary amides is 1. The zero-order chi connectivity index (χ0) is 26.1. The number of hydrogen-bond donors (Lipinski definition) is 2. The van der Waals surface area contributed by atoms with Crippen molar-refractivity contribution in [1.29, 1.82) is 0 Å². The number of benzene rings is 3. The summed E-state index contributed by atoms with van der Waals surface area (Å²) in [5.41, 5.74) is 8.05. The van der Waals surface area contributed by atoms with Gasteiger partial charge in [-0.1, -0.05) is 48.5 Å². The van der Waals surface area contributed by atoms with Crippen LogP contribution in [0.4, 0.5) is 5.82 Å². The van der Waals surface area contributed by atoms with E-state index < -0.39 is 11.4 Å². The highest BCUT2D eigenvalue weighted by Gasteiger charge is 2.45. The van der Waals surface area contributed by atoms with E-state index in [1.54, 1.807) is 0 Å². The molecule has 0 aliphatic carbocycles. The van der Waals surface area contributed by atoms with Gasteiger partial charge in [0.2, 0.25) is 5.91 Å². The molecule has 1 spiro atoms. The van der Waals surface area contributed by atoms with Crippen LogP contribution in [-0.4, -0.2) is 39.6 Å². The van der Waals surface area contributed by atoms with Crippen molar-refractivity contribution >= 4 is 17.6 Å². The minimum atomic E-state index is -0.621. The third-order valence-electron chi connectivity index (χ3n) is 7.47. The van der Waals surface area contributed by atoms with Crippen LogP contribution in [-0.2, 0) is 16.9 Å². The molecule has 6 rings (SSSR count). The Labute approximate surface area is 221 Å². The lowest BCUT2D eigenvalue weighted by molar-refractivity contribution is -0.120. The molecule has 192 valence electrons. The molecule has 0 atom stereocenters. The third kappa shape index (κ3) is 4.54. The molecule has 0 radical (unpaired) electrons. The molecule has 8 nitrogen and oxygen atoms in total. The van der Waals surface area contributed by atoms with Crippen LogP contribution in [0.15, 0.2) is 84.9 Å². The fourth-order valence-corrected chi connectivity index (χ4v) is 5.53. The Morgan fingerprint density at radius 3 is 2.21 bits per heavy atom. The molecule has 0 unspecified atom stereocenters. The van der Waals surface area contributed by atoms with E-state index in [0.29, 0.717) is 23.7 Å². The third-order valence-corrected chi connectivity index (χ3v) is 7.47. The summed E-state index contributed by atoms with van der Waals surface area (Å²) in [4.78, 5) is 27.9. The molecule has 3 N–H and O–H groups in total. The van der Waals surface area contributed by atoms with E-state index >= 15 is 0 Å². The molecule has 0 bridgehead atoms. The van der Waals surface area contributed by atoms with Crippen molar-refractivity contribution in [2.24, 2.45) is 5.73 Å². The summed E-state index contributed by atoms with van der Waals surface area (Å²) in [5.74, 6) is 1.06. The summed E-state index contributed by atoms with van der Waals surface area (Å²) in [5, 5.41) is 7.81. The Morgan fingerprint density at radius 2 is 1.55 bits per heavy atom. The second-order valence-corrected chi connectivity index (χ2v) is 10.00. The SMILES string of the molecule is NC(=O)c1c(-c2ccc(Oc3ccccc3)cc2)nn2c1NC(=O)CC21CCN(Cc2ccccc2)CC1. The summed E-state index contributed by atoms with van der Waals surface area (Å²) in [6.07, 6.45) is 1.83. The fourth-order valence-electron chi connectivity index (χ4n) is 5.53. The van der Waals surface area contributed by atoms with Gasteiger partial charge in [0.05, 0.1) is 12.0 Å². The number of ether oxygens (including phenoxy) is 1. The Kier molecular flexibility index (Phi) is 6.17. The summed E-state index contributed by atoms with van der Waals surface area (Å²) < 4.78 is 7.77. The van der Waals surface area contributed by atoms with Crippen LogP contribution >= 0.6 is 0 Å². The molecule has 1 aromatic heterocycles. The largest absolute Gasteiger partial charge is 0.457 e.